The molecule has 0 unspecified atom stereocenters. The summed E-state index contributed by atoms with van der Waals surface area (Å²) in [5, 5.41) is 2.95. The van der Waals surface area contributed by atoms with Crippen molar-refractivity contribution in [3.05, 3.63) is 34.3 Å². The Labute approximate surface area is 166 Å². The van der Waals surface area contributed by atoms with Crippen LogP contribution in [-0.2, 0) is 26.1 Å². The van der Waals surface area contributed by atoms with Gasteiger partial charge in [-0.2, -0.15) is 0 Å². The molecule has 1 N–H and O–H groups in total. The van der Waals surface area contributed by atoms with Crippen molar-refractivity contribution >= 4 is 38.5 Å². The van der Waals surface area contributed by atoms with Crippen LogP contribution in [-0.4, -0.2) is 46.3 Å². The van der Waals surface area contributed by atoms with Crippen LogP contribution in [0.1, 0.15) is 32.3 Å². The lowest BCUT2D eigenvalue weighted by molar-refractivity contribution is -0.130. The van der Waals surface area contributed by atoms with Crippen molar-refractivity contribution in [3.8, 4) is 0 Å². The van der Waals surface area contributed by atoms with Gasteiger partial charge < -0.3 is 10.2 Å². The van der Waals surface area contributed by atoms with Gasteiger partial charge in [-0.3, -0.25) is 13.8 Å². The number of amides is 2. The van der Waals surface area contributed by atoms with E-state index in [2.05, 4.69) is 21.2 Å². The number of halogens is 1. The molecule has 1 heterocycles. The number of nitrogens with zero attached hydrogens (tertiary/aromatic N) is 1. The third-order valence-corrected chi connectivity index (χ3v) is 6.24. The van der Waals surface area contributed by atoms with E-state index in [4.69, 9.17) is 0 Å². The molecule has 1 saturated heterocycles. The summed E-state index contributed by atoms with van der Waals surface area (Å²) in [4.78, 5) is 26.0. The smallest absolute Gasteiger partial charge is 0.235 e. The third-order valence-electron chi connectivity index (χ3n) is 4.49. The van der Waals surface area contributed by atoms with Crippen molar-refractivity contribution in [1.82, 2.24) is 10.2 Å². The van der Waals surface area contributed by atoms with Crippen molar-refractivity contribution in [3.63, 3.8) is 0 Å². The molecule has 0 aromatic heterocycles. The Balaban J connectivity index is 1.79. The third kappa shape index (κ3) is 6.83. The molecule has 0 radical (unpaired) electrons. The fourth-order valence-electron chi connectivity index (χ4n) is 2.95. The number of hydrogen-bond acceptors (Lipinski definition) is 3. The highest BCUT2D eigenvalue weighted by Gasteiger charge is 2.25. The van der Waals surface area contributed by atoms with Crippen molar-refractivity contribution in [2.24, 2.45) is 11.8 Å². The Morgan fingerprint density at radius 3 is 2.65 bits per heavy atom. The zero-order valence-corrected chi connectivity index (χ0v) is 17.8. The molecular weight excluding hydrogens is 416 g/mol. The van der Waals surface area contributed by atoms with Crippen LogP contribution >= 0.6 is 15.9 Å². The average molecular weight is 443 g/mol. The highest BCUT2D eigenvalue weighted by Crippen LogP contribution is 2.17. The average Bonchev–Trinajstić information content (AvgIpc) is 2.61. The maximum Gasteiger partial charge on any atom is 0.235 e. The number of rotatable bonds is 7. The van der Waals surface area contributed by atoms with Crippen LogP contribution in [0.25, 0.3) is 0 Å². The van der Waals surface area contributed by atoms with E-state index in [1.54, 1.807) is 4.90 Å². The fraction of sp³-hybridized carbons (Fsp3) is 0.579. The van der Waals surface area contributed by atoms with Gasteiger partial charge in [0.05, 0.1) is 0 Å². The lowest BCUT2D eigenvalue weighted by atomic mass is 9.97. The van der Waals surface area contributed by atoms with E-state index in [0.717, 1.165) is 22.9 Å². The lowest BCUT2D eigenvalue weighted by Gasteiger charge is -2.33. The van der Waals surface area contributed by atoms with Crippen molar-refractivity contribution < 1.29 is 13.8 Å². The van der Waals surface area contributed by atoms with E-state index in [1.165, 1.54) is 0 Å². The van der Waals surface area contributed by atoms with Gasteiger partial charge in [-0.05, 0) is 36.5 Å². The normalized spacial score (nSPS) is 18.6. The molecule has 2 atom stereocenters. The Morgan fingerprint density at radius 2 is 2.00 bits per heavy atom. The van der Waals surface area contributed by atoms with E-state index < -0.39 is 10.8 Å². The first-order chi connectivity index (χ1) is 12.3. The van der Waals surface area contributed by atoms with Gasteiger partial charge in [-0.25, -0.2) is 0 Å². The molecule has 2 amide bonds. The summed E-state index contributed by atoms with van der Waals surface area (Å²) in [5.74, 6) is 0.680. The minimum Gasteiger partial charge on any atom is -0.356 e. The monoisotopic (exact) mass is 442 g/mol. The maximum atomic E-state index is 12.5. The van der Waals surface area contributed by atoms with Gasteiger partial charge in [0.25, 0.3) is 0 Å². The van der Waals surface area contributed by atoms with E-state index in [0.29, 0.717) is 25.4 Å². The second kappa shape index (κ2) is 10.2. The summed E-state index contributed by atoms with van der Waals surface area (Å²) in [7, 11) is -1.21. The molecule has 26 heavy (non-hydrogen) atoms. The number of carbonyl (C=O) groups excluding carboxylic acids is 2. The van der Waals surface area contributed by atoms with E-state index >= 15 is 0 Å². The molecular formula is C19H27BrN2O3S. The summed E-state index contributed by atoms with van der Waals surface area (Å²) < 4.78 is 13.3. The molecule has 144 valence electrons. The van der Waals surface area contributed by atoms with Gasteiger partial charge in [0.15, 0.2) is 0 Å². The molecule has 1 fully saturated rings. The SMILES string of the molecule is CC(C)C(=O)NC[C@@H]1CCCN(C(=O)C[S@](=O)Cc2ccc(Br)cc2)C1. The fourth-order valence-corrected chi connectivity index (χ4v) is 4.34. The first kappa shape index (κ1) is 21.1. The van der Waals surface area contributed by atoms with Crippen LogP contribution in [0.5, 0.6) is 0 Å². The van der Waals surface area contributed by atoms with Gasteiger partial charge in [-0.1, -0.05) is 41.9 Å². The molecule has 0 aliphatic carbocycles. The molecule has 1 aromatic carbocycles. The van der Waals surface area contributed by atoms with Gasteiger partial charge in [0, 0.05) is 46.6 Å². The first-order valence-corrected chi connectivity index (χ1v) is 11.3. The van der Waals surface area contributed by atoms with E-state index in [-0.39, 0.29) is 29.4 Å². The second-order valence-electron chi connectivity index (χ2n) is 7.10. The molecule has 0 bridgehead atoms. The predicted molar refractivity (Wildman–Crippen MR) is 108 cm³/mol. The number of hydrogen-bond donors (Lipinski definition) is 1. The quantitative estimate of drug-likeness (QED) is 0.705. The Bertz CT molecular complexity index is 649. The Hall–Kier alpha value is -1.21. The molecule has 2 rings (SSSR count). The summed E-state index contributed by atoms with van der Waals surface area (Å²) in [6.07, 6.45) is 1.93. The summed E-state index contributed by atoms with van der Waals surface area (Å²) >= 11 is 3.38. The number of piperidine rings is 1. The lowest BCUT2D eigenvalue weighted by Crippen LogP contribution is -2.45. The summed E-state index contributed by atoms with van der Waals surface area (Å²) in [5.41, 5.74) is 0.965. The van der Waals surface area contributed by atoms with Crippen molar-refractivity contribution in [2.45, 2.75) is 32.4 Å². The van der Waals surface area contributed by atoms with Crippen molar-refractivity contribution in [2.75, 3.05) is 25.4 Å². The number of benzene rings is 1. The van der Waals surface area contributed by atoms with E-state index in [9.17, 15) is 13.8 Å². The van der Waals surface area contributed by atoms with Crippen LogP contribution < -0.4 is 5.32 Å². The van der Waals surface area contributed by atoms with Crippen LogP contribution in [0.4, 0.5) is 0 Å². The Morgan fingerprint density at radius 1 is 1.31 bits per heavy atom. The van der Waals surface area contributed by atoms with Crippen LogP contribution in [0.2, 0.25) is 0 Å². The van der Waals surface area contributed by atoms with Crippen molar-refractivity contribution in [1.29, 1.82) is 0 Å². The standard InChI is InChI=1S/C19H27BrN2O3S/c1-14(2)19(24)21-10-16-4-3-9-22(11-16)18(23)13-26(25)12-15-5-7-17(20)8-6-15/h5-8,14,16H,3-4,9-13H2,1-2H3,(H,21,24)/t16-,26+/m0/s1. The van der Waals surface area contributed by atoms with Crippen LogP contribution in [0.3, 0.4) is 0 Å². The minimum absolute atomic E-state index is 0.0302. The molecule has 1 aliphatic rings. The number of likely N-dealkylation sites (tertiary alicyclic amines) is 1. The van der Waals surface area contributed by atoms with Gasteiger partial charge >= 0.3 is 0 Å². The zero-order chi connectivity index (χ0) is 19.1. The van der Waals surface area contributed by atoms with Crippen LogP contribution in [0, 0.1) is 11.8 Å². The topological polar surface area (TPSA) is 66.5 Å². The largest absolute Gasteiger partial charge is 0.356 e. The highest BCUT2D eigenvalue weighted by molar-refractivity contribution is 9.10. The molecule has 0 saturated carbocycles. The summed E-state index contributed by atoms with van der Waals surface area (Å²) in [6, 6.07) is 7.66. The maximum absolute atomic E-state index is 12.5. The first-order valence-electron chi connectivity index (χ1n) is 9.00. The highest BCUT2D eigenvalue weighted by atomic mass is 79.9. The van der Waals surface area contributed by atoms with E-state index in [1.807, 2.05) is 38.1 Å². The molecule has 1 aliphatic heterocycles. The van der Waals surface area contributed by atoms with Gasteiger partial charge in [0.1, 0.15) is 5.75 Å². The second-order valence-corrected chi connectivity index (χ2v) is 9.48. The number of nitrogens with one attached hydrogen (secondary N) is 1. The predicted octanol–water partition coefficient (Wildman–Crippen LogP) is 2.71. The molecule has 7 heteroatoms. The Kier molecular flexibility index (Phi) is 8.28. The number of carbonyl (C=O) groups is 2. The zero-order valence-electron chi connectivity index (χ0n) is 15.4. The summed E-state index contributed by atoms with van der Waals surface area (Å²) in [6.45, 7) is 5.68. The molecule has 0 spiro atoms. The molecule has 5 nitrogen and oxygen atoms in total. The molecule has 1 aromatic rings. The van der Waals surface area contributed by atoms with Gasteiger partial charge in [0.2, 0.25) is 11.8 Å². The minimum atomic E-state index is -1.21. The van der Waals surface area contributed by atoms with Crippen LogP contribution in [0.15, 0.2) is 28.7 Å². The van der Waals surface area contributed by atoms with Gasteiger partial charge in [-0.15, -0.1) is 0 Å².